The van der Waals surface area contributed by atoms with E-state index in [1.165, 1.54) is 6.20 Å². The Labute approximate surface area is 120 Å². The molecule has 0 bridgehead atoms. The van der Waals surface area contributed by atoms with E-state index < -0.39 is 17.1 Å². The molecule has 0 aliphatic rings. The topological polar surface area (TPSA) is 53.1 Å². The van der Waals surface area contributed by atoms with E-state index in [1.54, 1.807) is 12.1 Å². The van der Waals surface area contributed by atoms with Crippen molar-refractivity contribution in [1.82, 2.24) is 4.98 Å². The van der Waals surface area contributed by atoms with Crippen molar-refractivity contribution in [3.8, 4) is 28.0 Å². The largest absolute Gasteiger partial charge is 0.501 e. The maximum atomic E-state index is 14.0. The summed E-state index contributed by atoms with van der Waals surface area (Å²) in [5.74, 6) is -1.80. The van der Waals surface area contributed by atoms with Gasteiger partial charge in [0.15, 0.2) is 5.82 Å². The average molecular weight is 281 g/mol. The van der Waals surface area contributed by atoms with Crippen LogP contribution in [-0.2, 0) is 0 Å². The van der Waals surface area contributed by atoms with Crippen LogP contribution in [0.5, 0.6) is 5.75 Å². The minimum absolute atomic E-state index is 0.157. The van der Waals surface area contributed by atoms with Gasteiger partial charge in [0, 0.05) is 11.8 Å². The fraction of sp³-hybridized carbons (Fsp3) is 0. The highest BCUT2D eigenvalue weighted by Crippen LogP contribution is 2.29. The lowest BCUT2D eigenvalue weighted by Gasteiger charge is -2.07. The maximum Gasteiger partial charge on any atom is 0.293 e. The molecule has 3 rings (SSSR count). The zero-order chi connectivity index (χ0) is 14.8. The molecule has 0 unspecified atom stereocenters. The fourth-order valence-corrected chi connectivity index (χ4v) is 2.20. The van der Waals surface area contributed by atoms with E-state index in [4.69, 9.17) is 0 Å². The highest BCUT2D eigenvalue weighted by molar-refractivity contribution is 5.73. The van der Waals surface area contributed by atoms with Crippen LogP contribution in [0.1, 0.15) is 0 Å². The van der Waals surface area contributed by atoms with Crippen LogP contribution in [-0.4, -0.2) is 10.1 Å². The van der Waals surface area contributed by atoms with Gasteiger partial charge in [-0.05, 0) is 22.8 Å². The molecule has 1 heterocycles. The van der Waals surface area contributed by atoms with Crippen LogP contribution in [0.4, 0.5) is 4.39 Å². The first-order valence-corrected chi connectivity index (χ1v) is 6.43. The molecule has 0 spiro atoms. The first-order chi connectivity index (χ1) is 10.2. The molecule has 1 aromatic heterocycles. The van der Waals surface area contributed by atoms with Gasteiger partial charge >= 0.3 is 0 Å². The number of halogens is 1. The number of aromatic hydroxyl groups is 1. The third-order valence-corrected chi connectivity index (χ3v) is 3.29. The number of aromatic nitrogens is 1. The molecule has 4 heteroatoms. The minimum atomic E-state index is -0.913. The second-order valence-corrected chi connectivity index (χ2v) is 4.64. The lowest BCUT2D eigenvalue weighted by Crippen LogP contribution is -2.07. The molecule has 2 aromatic carbocycles. The zero-order valence-corrected chi connectivity index (χ0v) is 11.0. The number of nitrogens with one attached hydrogen (secondary N) is 1. The minimum Gasteiger partial charge on any atom is -0.501 e. The van der Waals surface area contributed by atoms with Gasteiger partial charge in [0.05, 0.1) is 0 Å². The predicted octanol–water partition coefficient (Wildman–Crippen LogP) is 3.55. The van der Waals surface area contributed by atoms with Crippen molar-refractivity contribution in [3.63, 3.8) is 0 Å². The third-order valence-electron chi connectivity index (χ3n) is 3.29. The summed E-state index contributed by atoms with van der Waals surface area (Å²) in [5.41, 5.74) is 1.84. The average Bonchev–Trinajstić information content (AvgIpc) is 2.54. The number of benzene rings is 2. The summed E-state index contributed by atoms with van der Waals surface area (Å²) in [6.45, 7) is 0. The molecule has 21 heavy (non-hydrogen) atoms. The van der Waals surface area contributed by atoms with Crippen molar-refractivity contribution < 1.29 is 9.50 Å². The second-order valence-electron chi connectivity index (χ2n) is 4.64. The predicted molar refractivity (Wildman–Crippen MR) is 79.6 cm³/mol. The van der Waals surface area contributed by atoms with Crippen LogP contribution in [0.15, 0.2) is 65.6 Å². The number of hydrogen-bond donors (Lipinski definition) is 2. The van der Waals surface area contributed by atoms with Crippen molar-refractivity contribution >= 4 is 0 Å². The zero-order valence-electron chi connectivity index (χ0n) is 11.0. The molecular weight excluding hydrogens is 269 g/mol. The Morgan fingerprint density at radius 2 is 1.57 bits per heavy atom. The second kappa shape index (κ2) is 5.25. The highest BCUT2D eigenvalue weighted by Gasteiger charge is 2.13. The van der Waals surface area contributed by atoms with Gasteiger partial charge in [-0.1, -0.05) is 48.5 Å². The van der Waals surface area contributed by atoms with Crippen molar-refractivity contribution in [2.45, 2.75) is 0 Å². The standard InChI is InChI=1S/C17H12FNO2/c18-15-14(10-19-17(21)16(15)20)13-8-4-7-12(9-13)11-5-2-1-3-6-11/h1-10,20H,(H,19,21). The van der Waals surface area contributed by atoms with E-state index in [2.05, 4.69) is 4.98 Å². The first kappa shape index (κ1) is 13.1. The van der Waals surface area contributed by atoms with Gasteiger partial charge in [-0.2, -0.15) is 0 Å². The number of H-pyrrole nitrogens is 1. The Morgan fingerprint density at radius 3 is 2.33 bits per heavy atom. The Morgan fingerprint density at radius 1 is 0.905 bits per heavy atom. The molecule has 3 nitrogen and oxygen atoms in total. The van der Waals surface area contributed by atoms with Crippen LogP contribution in [0, 0.1) is 5.82 Å². The monoisotopic (exact) mass is 281 g/mol. The number of rotatable bonds is 2. The Kier molecular flexibility index (Phi) is 3.28. The van der Waals surface area contributed by atoms with Crippen LogP contribution < -0.4 is 5.56 Å². The van der Waals surface area contributed by atoms with E-state index in [-0.39, 0.29) is 5.56 Å². The Hall–Kier alpha value is -2.88. The van der Waals surface area contributed by atoms with Gasteiger partial charge in [-0.25, -0.2) is 4.39 Å². The summed E-state index contributed by atoms with van der Waals surface area (Å²) in [5, 5.41) is 9.42. The van der Waals surface area contributed by atoms with Crippen molar-refractivity contribution in [2.75, 3.05) is 0 Å². The molecule has 104 valence electrons. The molecule has 0 atom stereocenters. The molecule has 0 saturated heterocycles. The van der Waals surface area contributed by atoms with E-state index in [0.717, 1.165) is 11.1 Å². The van der Waals surface area contributed by atoms with Gasteiger partial charge in [0.2, 0.25) is 5.75 Å². The quantitative estimate of drug-likeness (QED) is 0.754. The summed E-state index contributed by atoms with van der Waals surface area (Å²) < 4.78 is 14.0. The normalized spacial score (nSPS) is 10.5. The maximum absolute atomic E-state index is 14.0. The van der Waals surface area contributed by atoms with Gasteiger partial charge in [-0.15, -0.1) is 0 Å². The smallest absolute Gasteiger partial charge is 0.293 e. The Bertz CT molecular complexity index is 841. The van der Waals surface area contributed by atoms with Crippen LogP contribution in [0.3, 0.4) is 0 Å². The van der Waals surface area contributed by atoms with Gasteiger partial charge in [0.1, 0.15) is 0 Å². The van der Waals surface area contributed by atoms with E-state index in [1.807, 2.05) is 42.5 Å². The molecular formula is C17H12FNO2. The summed E-state index contributed by atoms with van der Waals surface area (Å²) in [6.07, 6.45) is 1.27. The summed E-state index contributed by atoms with van der Waals surface area (Å²) in [6, 6.07) is 16.9. The van der Waals surface area contributed by atoms with E-state index >= 15 is 0 Å². The molecule has 0 aliphatic carbocycles. The van der Waals surface area contributed by atoms with Gasteiger partial charge < -0.3 is 10.1 Å². The summed E-state index contributed by atoms with van der Waals surface area (Å²) in [4.78, 5) is 13.5. The first-order valence-electron chi connectivity index (χ1n) is 6.43. The SMILES string of the molecule is O=c1[nH]cc(-c2cccc(-c3ccccc3)c2)c(F)c1O. The van der Waals surface area contributed by atoms with Crippen LogP contribution in [0.2, 0.25) is 0 Å². The van der Waals surface area contributed by atoms with Crippen LogP contribution in [0.25, 0.3) is 22.3 Å². The molecule has 0 amide bonds. The number of pyridine rings is 1. The molecule has 0 aliphatic heterocycles. The van der Waals surface area contributed by atoms with E-state index in [0.29, 0.717) is 5.56 Å². The molecule has 0 fully saturated rings. The summed E-state index contributed by atoms with van der Waals surface area (Å²) >= 11 is 0. The molecule has 2 N–H and O–H groups in total. The molecule has 3 aromatic rings. The highest BCUT2D eigenvalue weighted by atomic mass is 19.1. The lowest BCUT2D eigenvalue weighted by atomic mass is 10.00. The molecule has 0 saturated carbocycles. The van der Waals surface area contributed by atoms with Gasteiger partial charge in [-0.3, -0.25) is 4.79 Å². The van der Waals surface area contributed by atoms with Crippen molar-refractivity contribution in [2.24, 2.45) is 0 Å². The lowest BCUT2D eigenvalue weighted by molar-refractivity contribution is 0.425. The fourth-order valence-electron chi connectivity index (χ4n) is 2.20. The van der Waals surface area contributed by atoms with Gasteiger partial charge in [0.25, 0.3) is 5.56 Å². The van der Waals surface area contributed by atoms with E-state index in [9.17, 15) is 14.3 Å². The summed E-state index contributed by atoms with van der Waals surface area (Å²) in [7, 11) is 0. The number of aromatic amines is 1. The number of hydrogen-bond acceptors (Lipinski definition) is 2. The van der Waals surface area contributed by atoms with Crippen LogP contribution >= 0.6 is 0 Å². The third kappa shape index (κ3) is 2.43. The van der Waals surface area contributed by atoms with Crippen molar-refractivity contribution in [3.05, 3.63) is 77.0 Å². The van der Waals surface area contributed by atoms with Crippen molar-refractivity contribution in [1.29, 1.82) is 0 Å². The Balaban J connectivity index is 2.13. The molecule has 0 radical (unpaired) electrons.